The van der Waals surface area contributed by atoms with Gasteiger partial charge in [-0.3, -0.25) is 4.79 Å². The maximum absolute atomic E-state index is 12.4. The first-order valence-electron chi connectivity index (χ1n) is 14.7. The van der Waals surface area contributed by atoms with Gasteiger partial charge in [0.25, 0.3) is 0 Å². The van der Waals surface area contributed by atoms with Crippen molar-refractivity contribution in [2.24, 2.45) is 28.6 Å². The molecule has 1 aliphatic heterocycles. The Morgan fingerprint density at radius 3 is 2.50 bits per heavy atom. The van der Waals surface area contributed by atoms with Crippen molar-refractivity contribution in [3.8, 4) is 0 Å². The van der Waals surface area contributed by atoms with Crippen molar-refractivity contribution < 1.29 is 33.2 Å². The summed E-state index contributed by atoms with van der Waals surface area (Å²) in [7, 11) is 3.42. The smallest absolute Gasteiger partial charge is 0.303 e. The number of methoxy groups -OCH3 is 2. The van der Waals surface area contributed by atoms with Gasteiger partial charge in [0, 0.05) is 39.9 Å². The molecule has 0 aromatic heterocycles. The average molecular weight is 533 g/mol. The number of fused-ring (bicyclic) bond motifs is 5. The summed E-state index contributed by atoms with van der Waals surface area (Å²) in [6.45, 7) is 10.1. The highest BCUT2D eigenvalue weighted by atomic mass is 16.7. The number of allylic oxidation sites excluding steroid dienone is 2. The van der Waals surface area contributed by atoms with Gasteiger partial charge in [-0.2, -0.15) is 0 Å². The lowest BCUT2D eigenvalue weighted by Crippen LogP contribution is -2.54. The predicted molar refractivity (Wildman–Crippen MR) is 143 cm³/mol. The molecule has 0 spiro atoms. The van der Waals surface area contributed by atoms with Gasteiger partial charge < -0.3 is 28.4 Å². The van der Waals surface area contributed by atoms with E-state index in [-0.39, 0.29) is 34.9 Å². The zero-order valence-corrected chi connectivity index (χ0v) is 24.3. The zero-order valence-electron chi connectivity index (χ0n) is 24.3. The first-order chi connectivity index (χ1) is 18.2. The maximum atomic E-state index is 12.4. The number of esters is 1. The van der Waals surface area contributed by atoms with Crippen LogP contribution in [0.5, 0.6) is 0 Å². The Balaban J connectivity index is 1.51. The van der Waals surface area contributed by atoms with E-state index in [1.54, 1.807) is 19.8 Å². The standard InChI is InChI=1S/C31H48O7/c1-7-24-27(37-20(2)32)28(38-31(34-6)14-16-35-17-15-31)26-23-9-8-21-18-22(36-19-33-5)10-12-29(21,3)25(23)11-13-30(24,26)4/h7-8,22-23,25-28H,9-19H2,1-6H3/b24-7-/t22-,23+,25-,26+,27-,28-,29-,30+/m0/s1. The molecule has 38 heavy (non-hydrogen) atoms. The summed E-state index contributed by atoms with van der Waals surface area (Å²) in [5.41, 5.74) is 2.86. The van der Waals surface area contributed by atoms with Gasteiger partial charge in [-0.05, 0) is 73.7 Å². The monoisotopic (exact) mass is 532 g/mol. The van der Waals surface area contributed by atoms with Crippen LogP contribution in [0.25, 0.3) is 0 Å². The molecule has 0 radical (unpaired) electrons. The fourth-order valence-corrected chi connectivity index (χ4v) is 9.06. The summed E-state index contributed by atoms with van der Waals surface area (Å²) in [6.07, 6.45) is 12.1. The molecule has 5 aliphatic rings. The summed E-state index contributed by atoms with van der Waals surface area (Å²) >= 11 is 0. The van der Waals surface area contributed by atoms with E-state index < -0.39 is 11.9 Å². The first-order valence-corrected chi connectivity index (χ1v) is 14.7. The maximum Gasteiger partial charge on any atom is 0.303 e. The molecule has 1 saturated heterocycles. The molecule has 7 nitrogen and oxygen atoms in total. The fraction of sp³-hybridized carbons (Fsp3) is 0.839. The van der Waals surface area contributed by atoms with Crippen LogP contribution in [-0.2, 0) is 33.2 Å². The number of carbonyl (C=O) groups excluding carboxylic acids is 1. The third-order valence-corrected chi connectivity index (χ3v) is 10.9. The van der Waals surface area contributed by atoms with Crippen molar-refractivity contribution in [1.29, 1.82) is 0 Å². The Bertz CT molecular complexity index is 937. The van der Waals surface area contributed by atoms with Crippen LogP contribution in [0.15, 0.2) is 23.3 Å². The van der Waals surface area contributed by atoms with Crippen molar-refractivity contribution in [3.63, 3.8) is 0 Å². The first kappa shape index (κ1) is 28.3. The number of carbonyl (C=O) groups is 1. The fourth-order valence-electron chi connectivity index (χ4n) is 9.06. The quantitative estimate of drug-likeness (QED) is 0.241. The van der Waals surface area contributed by atoms with E-state index in [2.05, 4.69) is 32.9 Å². The second-order valence-electron chi connectivity index (χ2n) is 12.7. The molecule has 7 heteroatoms. The Morgan fingerprint density at radius 2 is 1.84 bits per heavy atom. The minimum absolute atomic E-state index is 0.0821. The molecule has 4 fully saturated rings. The van der Waals surface area contributed by atoms with Gasteiger partial charge in [-0.15, -0.1) is 0 Å². The topological polar surface area (TPSA) is 72.5 Å². The van der Waals surface area contributed by atoms with E-state index >= 15 is 0 Å². The summed E-state index contributed by atoms with van der Waals surface area (Å²) in [6, 6.07) is 0. The summed E-state index contributed by atoms with van der Waals surface area (Å²) in [5.74, 6) is 0.288. The van der Waals surface area contributed by atoms with E-state index in [0.29, 0.717) is 44.7 Å². The minimum atomic E-state index is -0.714. The summed E-state index contributed by atoms with van der Waals surface area (Å²) in [5, 5.41) is 0. The van der Waals surface area contributed by atoms with Crippen molar-refractivity contribution in [2.45, 2.75) is 103 Å². The molecular formula is C31H48O7. The molecule has 0 unspecified atom stereocenters. The van der Waals surface area contributed by atoms with E-state index in [1.807, 2.05) is 0 Å². The van der Waals surface area contributed by atoms with Gasteiger partial charge in [-0.1, -0.05) is 31.6 Å². The van der Waals surface area contributed by atoms with Crippen LogP contribution < -0.4 is 0 Å². The number of hydrogen-bond donors (Lipinski definition) is 0. The van der Waals surface area contributed by atoms with Crippen molar-refractivity contribution in [2.75, 3.05) is 34.2 Å². The van der Waals surface area contributed by atoms with Crippen LogP contribution in [0.2, 0.25) is 0 Å². The number of ether oxygens (including phenoxy) is 6. The number of rotatable bonds is 7. The lowest BCUT2D eigenvalue weighted by atomic mass is 9.47. The average Bonchev–Trinajstić information content (AvgIpc) is 3.13. The lowest BCUT2D eigenvalue weighted by Gasteiger charge is -2.58. The Kier molecular flexibility index (Phi) is 8.16. The SMILES string of the molecule is C/C=C1/[C@H](OC(C)=O)[C@@H](OC2(OC)CCOCC2)[C@H]2[C@@H]3CC=C4C[C@@H](OCOC)CC[C@]4(C)[C@H]3CC[C@]12C. The predicted octanol–water partition coefficient (Wildman–Crippen LogP) is 5.57. The molecule has 214 valence electrons. The van der Waals surface area contributed by atoms with Gasteiger partial charge in [0.1, 0.15) is 19.0 Å². The van der Waals surface area contributed by atoms with E-state index in [1.165, 1.54) is 18.9 Å². The Hall–Kier alpha value is -1.25. The lowest BCUT2D eigenvalue weighted by molar-refractivity contribution is -0.296. The van der Waals surface area contributed by atoms with Gasteiger partial charge in [-0.25, -0.2) is 0 Å². The Labute approximate surface area is 228 Å². The minimum Gasteiger partial charge on any atom is -0.455 e. The molecule has 0 aromatic carbocycles. The largest absolute Gasteiger partial charge is 0.455 e. The zero-order chi connectivity index (χ0) is 27.1. The number of hydrogen-bond acceptors (Lipinski definition) is 7. The van der Waals surface area contributed by atoms with Gasteiger partial charge in [0.15, 0.2) is 5.79 Å². The molecule has 0 amide bonds. The molecular weight excluding hydrogens is 484 g/mol. The van der Waals surface area contributed by atoms with Crippen molar-refractivity contribution in [1.82, 2.24) is 0 Å². The van der Waals surface area contributed by atoms with Crippen molar-refractivity contribution >= 4 is 5.97 Å². The van der Waals surface area contributed by atoms with Crippen molar-refractivity contribution in [3.05, 3.63) is 23.3 Å². The second-order valence-corrected chi connectivity index (χ2v) is 12.7. The molecule has 0 bridgehead atoms. The third-order valence-electron chi connectivity index (χ3n) is 10.9. The van der Waals surface area contributed by atoms with Crippen LogP contribution in [0, 0.1) is 28.6 Å². The highest BCUT2D eigenvalue weighted by molar-refractivity contribution is 5.67. The second kappa shape index (κ2) is 11.0. The van der Waals surface area contributed by atoms with Gasteiger partial charge in [0.2, 0.25) is 0 Å². The molecule has 8 atom stereocenters. The summed E-state index contributed by atoms with van der Waals surface area (Å²) < 4.78 is 36.1. The highest BCUT2D eigenvalue weighted by Gasteiger charge is 2.65. The molecule has 4 aliphatic carbocycles. The van der Waals surface area contributed by atoms with E-state index in [9.17, 15) is 4.79 Å². The van der Waals surface area contributed by atoms with Crippen LogP contribution in [0.4, 0.5) is 0 Å². The van der Waals surface area contributed by atoms with Crippen LogP contribution in [0.3, 0.4) is 0 Å². The van der Waals surface area contributed by atoms with E-state index in [0.717, 1.165) is 32.1 Å². The van der Waals surface area contributed by atoms with E-state index in [4.69, 9.17) is 28.4 Å². The molecule has 1 heterocycles. The molecule has 0 N–H and O–H groups in total. The van der Waals surface area contributed by atoms with Crippen LogP contribution in [-0.4, -0.2) is 64.3 Å². The highest BCUT2D eigenvalue weighted by Crippen LogP contribution is 2.67. The third kappa shape index (κ3) is 4.70. The molecule has 3 saturated carbocycles. The Morgan fingerprint density at radius 1 is 1.11 bits per heavy atom. The van der Waals surface area contributed by atoms with Gasteiger partial charge >= 0.3 is 5.97 Å². The van der Waals surface area contributed by atoms with Crippen LogP contribution in [0.1, 0.15) is 79.1 Å². The molecule has 0 aromatic rings. The van der Waals surface area contributed by atoms with Gasteiger partial charge in [0.05, 0.1) is 19.3 Å². The molecule has 5 rings (SSSR count). The normalized spacial score (nSPS) is 43.1. The van der Waals surface area contributed by atoms with Crippen LogP contribution >= 0.6 is 0 Å². The summed E-state index contributed by atoms with van der Waals surface area (Å²) in [4.78, 5) is 12.4.